The predicted molar refractivity (Wildman–Crippen MR) is 101 cm³/mol. The zero-order valence-corrected chi connectivity index (χ0v) is 15.3. The summed E-state index contributed by atoms with van der Waals surface area (Å²) in [5, 5.41) is 4.82. The Morgan fingerprint density at radius 1 is 1.22 bits per heavy atom. The van der Waals surface area contributed by atoms with Gasteiger partial charge >= 0.3 is 5.97 Å². The molecule has 7 nitrogen and oxygen atoms in total. The number of rotatable bonds is 7. The van der Waals surface area contributed by atoms with Crippen molar-refractivity contribution in [3.8, 4) is 0 Å². The van der Waals surface area contributed by atoms with Gasteiger partial charge in [0.15, 0.2) is 11.8 Å². The van der Waals surface area contributed by atoms with Crippen LogP contribution in [0.1, 0.15) is 47.5 Å². The molecule has 0 bridgehead atoms. The Bertz CT molecular complexity index is 1030. The molecule has 27 heavy (non-hydrogen) atoms. The first-order valence-corrected chi connectivity index (χ1v) is 8.90. The lowest BCUT2D eigenvalue weighted by Crippen LogP contribution is -2.28. The highest BCUT2D eigenvalue weighted by atomic mass is 16.5. The summed E-state index contributed by atoms with van der Waals surface area (Å²) in [6, 6.07) is 10.0. The number of hydrogen-bond acceptors (Lipinski definition) is 5. The molecule has 0 aliphatic carbocycles. The molecule has 0 amide bonds. The Balaban J connectivity index is 1.75. The Hall–Kier alpha value is -3.22. The molecule has 3 rings (SSSR count). The zero-order valence-electron chi connectivity index (χ0n) is 15.3. The maximum atomic E-state index is 12.7. The van der Waals surface area contributed by atoms with Crippen LogP contribution in [-0.4, -0.2) is 32.6 Å². The van der Waals surface area contributed by atoms with E-state index in [4.69, 9.17) is 4.74 Å². The number of carbonyl (C=O) groups is 2. The number of para-hydroxylation sites is 1. The molecule has 0 saturated carbocycles. The van der Waals surface area contributed by atoms with Crippen LogP contribution in [0.5, 0.6) is 0 Å². The molecule has 7 heteroatoms. The first-order valence-electron chi connectivity index (χ1n) is 8.90. The highest BCUT2D eigenvalue weighted by Crippen LogP contribution is 2.20. The second-order valence-electron chi connectivity index (χ2n) is 6.29. The summed E-state index contributed by atoms with van der Waals surface area (Å²) in [6.45, 7) is 3.95. The van der Waals surface area contributed by atoms with Crippen molar-refractivity contribution < 1.29 is 14.3 Å². The summed E-state index contributed by atoms with van der Waals surface area (Å²) in [5.74, 6) is -1.04. The molecule has 1 aromatic carbocycles. The fraction of sp³-hybridized carbons (Fsp3) is 0.300. The minimum atomic E-state index is -0.977. The van der Waals surface area contributed by atoms with Crippen LogP contribution in [0.4, 0.5) is 0 Å². The molecule has 0 fully saturated rings. The van der Waals surface area contributed by atoms with Gasteiger partial charge in [-0.2, -0.15) is 5.10 Å². The van der Waals surface area contributed by atoms with E-state index >= 15 is 0 Å². The number of aryl methyl sites for hydroxylation is 1. The van der Waals surface area contributed by atoms with Crippen molar-refractivity contribution in [2.75, 3.05) is 0 Å². The maximum absolute atomic E-state index is 12.7. The van der Waals surface area contributed by atoms with E-state index in [9.17, 15) is 14.4 Å². The van der Waals surface area contributed by atoms with Crippen molar-refractivity contribution >= 4 is 22.7 Å². The molecule has 1 unspecified atom stereocenters. The molecule has 0 saturated heterocycles. The molecule has 140 valence electrons. The van der Waals surface area contributed by atoms with Gasteiger partial charge in [0, 0.05) is 35.3 Å². The smallest absolute Gasteiger partial charge is 0.359 e. The predicted octanol–water partition coefficient (Wildman–Crippen LogP) is 2.95. The number of unbranched alkanes of at least 4 members (excludes halogenated alkanes) is 1. The quantitative estimate of drug-likeness (QED) is 0.512. The molecule has 0 aliphatic heterocycles. The third-order valence-electron chi connectivity index (χ3n) is 4.31. The first-order chi connectivity index (χ1) is 13.0. The van der Waals surface area contributed by atoms with Crippen LogP contribution in [0, 0.1) is 0 Å². The molecule has 0 radical (unpaired) electrons. The second kappa shape index (κ2) is 7.99. The minimum absolute atomic E-state index is 0.00396. The molecule has 1 atom stereocenters. The number of ketones is 1. The van der Waals surface area contributed by atoms with Gasteiger partial charge in [0.25, 0.3) is 5.56 Å². The highest BCUT2D eigenvalue weighted by Gasteiger charge is 2.23. The van der Waals surface area contributed by atoms with Gasteiger partial charge in [0.05, 0.1) is 0 Å². The topological polar surface area (TPSA) is 94.1 Å². The van der Waals surface area contributed by atoms with E-state index in [-0.39, 0.29) is 17.0 Å². The van der Waals surface area contributed by atoms with Crippen LogP contribution in [0.25, 0.3) is 10.9 Å². The number of aromatic nitrogens is 3. The lowest BCUT2D eigenvalue weighted by atomic mass is 10.1. The summed E-state index contributed by atoms with van der Waals surface area (Å²) in [7, 11) is 0. The van der Waals surface area contributed by atoms with E-state index in [0.29, 0.717) is 12.1 Å². The summed E-state index contributed by atoms with van der Waals surface area (Å²) in [6.07, 6.45) is 2.31. The van der Waals surface area contributed by atoms with Crippen molar-refractivity contribution in [1.29, 1.82) is 0 Å². The maximum Gasteiger partial charge on any atom is 0.359 e. The van der Waals surface area contributed by atoms with Crippen LogP contribution in [0.3, 0.4) is 0 Å². The number of fused-ring (bicyclic) bond motifs is 1. The molecule has 3 aromatic rings. The van der Waals surface area contributed by atoms with Crippen LogP contribution >= 0.6 is 0 Å². The molecule has 0 spiro atoms. The van der Waals surface area contributed by atoms with Crippen LogP contribution in [-0.2, 0) is 11.3 Å². The average Bonchev–Trinajstić information content (AvgIpc) is 3.10. The fourth-order valence-electron chi connectivity index (χ4n) is 2.79. The lowest BCUT2D eigenvalue weighted by Gasteiger charge is -2.12. The highest BCUT2D eigenvalue weighted by molar-refractivity contribution is 6.10. The standard InChI is InChI=1S/C20H21N3O4/c1-3-4-11-23-18(24)10-9-17(22-23)20(26)27-13(2)19(25)15-12-21-16-8-6-5-7-14(15)16/h5-10,12-13,21H,3-4,11H2,1-2H3. The van der Waals surface area contributed by atoms with Crippen molar-refractivity contribution in [3.05, 3.63) is 64.2 Å². The van der Waals surface area contributed by atoms with Crippen molar-refractivity contribution in [2.45, 2.75) is 39.3 Å². The Morgan fingerprint density at radius 3 is 2.78 bits per heavy atom. The van der Waals surface area contributed by atoms with Gasteiger partial charge in [-0.05, 0) is 25.5 Å². The molecule has 0 aliphatic rings. The Kier molecular flexibility index (Phi) is 5.49. The van der Waals surface area contributed by atoms with Gasteiger partial charge in [-0.25, -0.2) is 9.48 Å². The molecule has 2 aromatic heterocycles. The van der Waals surface area contributed by atoms with Crippen LogP contribution in [0.15, 0.2) is 47.4 Å². The number of H-pyrrole nitrogens is 1. The van der Waals surface area contributed by atoms with Gasteiger partial charge in [-0.1, -0.05) is 31.5 Å². The summed E-state index contributed by atoms with van der Waals surface area (Å²) < 4.78 is 6.53. The summed E-state index contributed by atoms with van der Waals surface area (Å²) in [4.78, 5) is 39.9. The van der Waals surface area contributed by atoms with Gasteiger partial charge in [-0.3, -0.25) is 9.59 Å². The molecular formula is C20H21N3O4. The van der Waals surface area contributed by atoms with E-state index < -0.39 is 12.1 Å². The van der Waals surface area contributed by atoms with Crippen molar-refractivity contribution in [3.63, 3.8) is 0 Å². The second-order valence-corrected chi connectivity index (χ2v) is 6.29. The largest absolute Gasteiger partial charge is 0.449 e. The van der Waals surface area contributed by atoms with Crippen LogP contribution < -0.4 is 5.56 Å². The number of Topliss-reactive ketones (excluding diaryl/α,β-unsaturated/α-hetero) is 1. The third-order valence-corrected chi connectivity index (χ3v) is 4.31. The molecular weight excluding hydrogens is 346 g/mol. The molecule has 1 N–H and O–H groups in total. The van der Waals surface area contributed by atoms with E-state index in [2.05, 4.69) is 10.1 Å². The number of nitrogens with zero attached hydrogens (tertiary/aromatic N) is 2. The van der Waals surface area contributed by atoms with Crippen molar-refractivity contribution in [2.24, 2.45) is 0 Å². The van der Waals surface area contributed by atoms with E-state index in [1.807, 2.05) is 31.2 Å². The third kappa shape index (κ3) is 3.97. The van der Waals surface area contributed by atoms with Gasteiger partial charge in [0.2, 0.25) is 5.78 Å². The summed E-state index contributed by atoms with van der Waals surface area (Å²) in [5.41, 5.74) is 1.03. The van der Waals surface area contributed by atoms with E-state index in [1.54, 1.807) is 6.20 Å². The number of esters is 1. The minimum Gasteiger partial charge on any atom is -0.449 e. The molecule has 2 heterocycles. The number of carbonyl (C=O) groups excluding carboxylic acids is 2. The van der Waals surface area contributed by atoms with Gasteiger partial charge in [0.1, 0.15) is 0 Å². The van der Waals surface area contributed by atoms with Crippen molar-refractivity contribution in [1.82, 2.24) is 14.8 Å². The van der Waals surface area contributed by atoms with E-state index in [0.717, 1.165) is 23.7 Å². The van der Waals surface area contributed by atoms with E-state index in [1.165, 1.54) is 23.7 Å². The van der Waals surface area contributed by atoms with Gasteiger partial charge in [-0.15, -0.1) is 0 Å². The lowest BCUT2D eigenvalue weighted by molar-refractivity contribution is 0.0311. The van der Waals surface area contributed by atoms with Crippen LogP contribution in [0.2, 0.25) is 0 Å². The number of hydrogen-bond donors (Lipinski definition) is 1. The van der Waals surface area contributed by atoms with Gasteiger partial charge < -0.3 is 9.72 Å². The Morgan fingerprint density at radius 2 is 2.00 bits per heavy atom. The number of nitrogens with one attached hydrogen (secondary N) is 1. The Labute approximate surface area is 156 Å². The number of benzene rings is 1. The number of ether oxygens (including phenoxy) is 1. The first kappa shape index (κ1) is 18.6. The zero-order chi connectivity index (χ0) is 19.4. The fourth-order valence-corrected chi connectivity index (χ4v) is 2.79. The number of aromatic amines is 1. The normalized spacial score (nSPS) is 12.1. The average molecular weight is 367 g/mol. The monoisotopic (exact) mass is 367 g/mol. The SMILES string of the molecule is CCCCn1nc(C(=O)OC(C)C(=O)c2c[nH]c3ccccc23)ccc1=O. The summed E-state index contributed by atoms with van der Waals surface area (Å²) >= 11 is 0.